The van der Waals surface area contributed by atoms with E-state index in [1.54, 1.807) is 0 Å². The third-order valence-electron chi connectivity index (χ3n) is 5.65. The molecule has 0 aliphatic carbocycles. The zero-order valence-electron chi connectivity index (χ0n) is 16.5. The average Bonchev–Trinajstić information content (AvgIpc) is 2.80. The first-order chi connectivity index (χ1) is 14.7. The van der Waals surface area contributed by atoms with Crippen LogP contribution < -0.4 is 11.5 Å². The van der Waals surface area contributed by atoms with Gasteiger partial charge in [0.25, 0.3) is 0 Å². The second-order valence-electron chi connectivity index (χ2n) is 7.43. The van der Waals surface area contributed by atoms with Crippen LogP contribution in [0.3, 0.4) is 0 Å². The summed E-state index contributed by atoms with van der Waals surface area (Å²) in [5.41, 5.74) is 20.4. The van der Waals surface area contributed by atoms with Crippen LogP contribution in [0, 0.1) is 0 Å². The van der Waals surface area contributed by atoms with Crippen LogP contribution in [0.1, 0.15) is 0 Å². The fraction of sp³-hybridized carbons (Fsp3) is 0. The smallest absolute Gasteiger partial charge is 0.0627 e. The largest absolute Gasteiger partial charge is 0.397 e. The molecule has 0 aliphatic rings. The second kappa shape index (κ2) is 7.41. The van der Waals surface area contributed by atoms with Crippen molar-refractivity contribution in [2.75, 3.05) is 11.5 Å². The zero-order chi connectivity index (χ0) is 20.5. The van der Waals surface area contributed by atoms with Gasteiger partial charge in [0.2, 0.25) is 0 Å². The van der Waals surface area contributed by atoms with Gasteiger partial charge in [0.15, 0.2) is 0 Å². The molecule has 30 heavy (non-hydrogen) atoms. The van der Waals surface area contributed by atoms with E-state index < -0.39 is 0 Å². The van der Waals surface area contributed by atoms with E-state index in [0.717, 1.165) is 16.7 Å². The molecule has 5 rings (SSSR count). The van der Waals surface area contributed by atoms with Crippen molar-refractivity contribution in [3.8, 4) is 33.4 Å². The quantitative estimate of drug-likeness (QED) is 0.328. The summed E-state index contributed by atoms with van der Waals surface area (Å²) < 4.78 is 0. The zero-order valence-corrected chi connectivity index (χ0v) is 16.5. The summed E-state index contributed by atoms with van der Waals surface area (Å²) in [6, 6.07) is 37.7. The maximum absolute atomic E-state index is 6.36. The molecule has 0 radical (unpaired) electrons. The predicted molar refractivity (Wildman–Crippen MR) is 129 cm³/mol. The summed E-state index contributed by atoms with van der Waals surface area (Å²) in [4.78, 5) is 0. The molecule has 4 N–H and O–H groups in total. The van der Waals surface area contributed by atoms with Crippen molar-refractivity contribution in [3.63, 3.8) is 0 Å². The Labute approximate surface area is 176 Å². The van der Waals surface area contributed by atoms with E-state index >= 15 is 0 Å². The van der Waals surface area contributed by atoms with Crippen LogP contribution in [0.2, 0.25) is 0 Å². The number of para-hydroxylation sites is 1. The lowest BCUT2D eigenvalue weighted by Gasteiger charge is -2.17. The molecule has 0 aliphatic heterocycles. The van der Waals surface area contributed by atoms with Crippen LogP contribution in [0.25, 0.3) is 44.2 Å². The van der Waals surface area contributed by atoms with Gasteiger partial charge < -0.3 is 11.5 Å². The molecule has 0 fully saturated rings. The Morgan fingerprint density at radius 1 is 0.367 bits per heavy atom. The topological polar surface area (TPSA) is 52.0 Å². The van der Waals surface area contributed by atoms with E-state index in [2.05, 4.69) is 84.9 Å². The van der Waals surface area contributed by atoms with Crippen LogP contribution in [-0.4, -0.2) is 0 Å². The summed E-state index contributed by atoms with van der Waals surface area (Å²) in [6.45, 7) is 0. The van der Waals surface area contributed by atoms with Crippen LogP contribution >= 0.6 is 0 Å². The Balaban J connectivity index is 1.78. The lowest BCUT2D eigenvalue weighted by Crippen LogP contribution is -1.98. The van der Waals surface area contributed by atoms with Crippen LogP contribution in [0.4, 0.5) is 11.4 Å². The number of fused-ring (bicyclic) bond motifs is 1. The molecule has 0 amide bonds. The van der Waals surface area contributed by atoms with E-state index in [9.17, 15) is 0 Å². The number of anilines is 2. The Bertz CT molecular complexity index is 1360. The number of nitrogen functional groups attached to an aromatic ring is 2. The summed E-state index contributed by atoms with van der Waals surface area (Å²) in [5.74, 6) is 0. The van der Waals surface area contributed by atoms with E-state index in [1.807, 2.05) is 24.3 Å². The molecule has 5 aromatic carbocycles. The SMILES string of the molecule is Nc1cccc(-c2ccccc2-c2ccccc2-c2cccc3ccccc23)c1N. The second-order valence-corrected chi connectivity index (χ2v) is 7.43. The molecule has 0 saturated heterocycles. The Hall–Kier alpha value is -4.04. The van der Waals surface area contributed by atoms with Crippen molar-refractivity contribution in [3.05, 3.63) is 109 Å². The number of benzene rings is 5. The highest BCUT2D eigenvalue weighted by Crippen LogP contribution is 2.42. The van der Waals surface area contributed by atoms with Crippen molar-refractivity contribution in [2.24, 2.45) is 0 Å². The van der Waals surface area contributed by atoms with Crippen LogP contribution in [-0.2, 0) is 0 Å². The van der Waals surface area contributed by atoms with Gasteiger partial charge in [-0.2, -0.15) is 0 Å². The molecule has 2 heteroatoms. The summed E-state index contributed by atoms with van der Waals surface area (Å²) >= 11 is 0. The van der Waals surface area contributed by atoms with Gasteiger partial charge in [-0.05, 0) is 44.7 Å². The molecule has 0 saturated carbocycles. The first-order valence-corrected chi connectivity index (χ1v) is 10.0. The first kappa shape index (κ1) is 18.0. The van der Waals surface area contributed by atoms with Crippen molar-refractivity contribution >= 4 is 22.1 Å². The summed E-state index contributed by atoms with van der Waals surface area (Å²) in [7, 11) is 0. The average molecular weight is 386 g/mol. The van der Waals surface area contributed by atoms with E-state index in [-0.39, 0.29) is 0 Å². The molecule has 0 bridgehead atoms. The minimum absolute atomic E-state index is 0.602. The molecular weight excluding hydrogens is 364 g/mol. The molecule has 0 heterocycles. The normalized spacial score (nSPS) is 10.9. The Kier molecular flexibility index (Phi) is 4.45. The molecule has 144 valence electrons. The lowest BCUT2D eigenvalue weighted by atomic mass is 9.87. The van der Waals surface area contributed by atoms with Crippen molar-refractivity contribution in [2.45, 2.75) is 0 Å². The van der Waals surface area contributed by atoms with Gasteiger partial charge in [0.1, 0.15) is 0 Å². The summed E-state index contributed by atoms with van der Waals surface area (Å²) in [5, 5.41) is 2.48. The van der Waals surface area contributed by atoms with E-state index in [4.69, 9.17) is 11.5 Å². The van der Waals surface area contributed by atoms with Gasteiger partial charge >= 0.3 is 0 Å². The van der Waals surface area contributed by atoms with Gasteiger partial charge in [0, 0.05) is 5.56 Å². The van der Waals surface area contributed by atoms with Crippen LogP contribution in [0.5, 0.6) is 0 Å². The fourth-order valence-electron chi connectivity index (χ4n) is 4.18. The minimum atomic E-state index is 0.602. The van der Waals surface area contributed by atoms with E-state index in [0.29, 0.717) is 11.4 Å². The first-order valence-electron chi connectivity index (χ1n) is 10.0. The molecule has 0 atom stereocenters. The van der Waals surface area contributed by atoms with Gasteiger partial charge in [-0.1, -0.05) is 103 Å². The standard InChI is InChI=1S/C28H22N2/c29-27-18-8-17-26(28(27)30)25-15-6-5-14-24(25)23-13-4-3-12-22(23)21-16-7-10-19-9-1-2-11-20(19)21/h1-18H,29-30H2. The van der Waals surface area contributed by atoms with Gasteiger partial charge in [-0.15, -0.1) is 0 Å². The lowest BCUT2D eigenvalue weighted by molar-refractivity contribution is 1.57. The van der Waals surface area contributed by atoms with Gasteiger partial charge in [-0.3, -0.25) is 0 Å². The van der Waals surface area contributed by atoms with E-state index in [1.165, 1.54) is 27.5 Å². The summed E-state index contributed by atoms with van der Waals surface area (Å²) in [6.07, 6.45) is 0. The molecule has 0 aromatic heterocycles. The predicted octanol–water partition coefficient (Wildman–Crippen LogP) is 7.01. The van der Waals surface area contributed by atoms with Crippen LogP contribution in [0.15, 0.2) is 109 Å². The molecule has 0 unspecified atom stereocenters. The Morgan fingerprint density at radius 2 is 0.800 bits per heavy atom. The number of hydrogen-bond donors (Lipinski definition) is 2. The van der Waals surface area contributed by atoms with Crippen molar-refractivity contribution in [1.82, 2.24) is 0 Å². The Morgan fingerprint density at radius 3 is 1.50 bits per heavy atom. The number of hydrogen-bond acceptors (Lipinski definition) is 2. The minimum Gasteiger partial charge on any atom is -0.397 e. The van der Waals surface area contributed by atoms with Crippen molar-refractivity contribution < 1.29 is 0 Å². The third kappa shape index (κ3) is 2.99. The van der Waals surface area contributed by atoms with Crippen molar-refractivity contribution in [1.29, 1.82) is 0 Å². The number of nitrogens with two attached hydrogens (primary N) is 2. The molecule has 0 spiro atoms. The molecular formula is C28H22N2. The van der Waals surface area contributed by atoms with Gasteiger partial charge in [-0.25, -0.2) is 0 Å². The monoisotopic (exact) mass is 386 g/mol. The molecule has 5 aromatic rings. The number of rotatable bonds is 3. The fourth-order valence-corrected chi connectivity index (χ4v) is 4.18. The maximum Gasteiger partial charge on any atom is 0.0627 e. The highest BCUT2D eigenvalue weighted by Gasteiger charge is 2.15. The highest BCUT2D eigenvalue weighted by molar-refractivity contribution is 6.02. The van der Waals surface area contributed by atoms with Gasteiger partial charge in [0.05, 0.1) is 11.4 Å². The molecule has 2 nitrogen and oxygen atoms in total. The third-order valence-corrected chi connectivity index (χ3v) is 5.65. The highest BCUT2D eigenvalue weighted by atomic mass is 14.7. The maximum atomic E-state index is 6.36.